The second-order valence-electron chi connectivity index (χ2n) is 5.18. The van der Waals surface area contributed by atoms with E-state index in [-0.39, 0.29) is 6.04 Å². The summed E-state index contributed by atoms with van der Waals surface area (Å²) in [5.74, 6) is 0. The minimum absolute atomic E-state index is 0.230. The van der Waals surface area contributed by atoms with Crippen molar-refractivity contribution in [2.45, 2.75) is 38.2 Å². The lowest BCUT2D eigenvalue weighted by molar-refractivity contribution is -0.137. The van der Waals surface area contributed by atoms with E-state index in [0.29, 0.717) is 18.5 Å². The van der Waals surface area contributed by atoms with Crippen LogP contribution in [0.15, 0.2) is 42.7 Å². The summed E-state index contributed by atoms with van der Waals surface area (Å²) in [5.41, 5.74) is 0.816. The van der Waals surface area contributed by atoms with Crippen LogP contribution in [0.1, 0.15) is 36.1 Å². The number of aromatic amines is 1. The molecule has 0 bridgehead atoms. The van der Waals surface area contributed by atoms with E-state index in [1.165, 1.54) is 12.1 Å². The van der Waals surface area contributed by atoms with Gasteiger partial charge in [0.05, 0.1) is 11.7 Å². The summed E-state index contributed by atoms with van der Waals surface area (Å²) in [7, 11) is 0. The van der Waals surface area contributed by atoms with E-state index in [2.05, 4.69) is 10.3 Å². The number of nitrogens with one attached hydrogen (secondary N) is 2. The number of aliphatic hydroxyl groups excluding tert-OH is 1. The van der Waals surface area contributed by atoms with E-state index in [1.54, 1.807) is 0 Å². The van der Waals surface area contributed by atoms with Crippen molar-refractivity contribution < 1.29 is 18.3 Å². The van der Waals surface area contributed by atoms with Crippen LogP contribution in [-0.2, 0) is 12.7 Å². The fourth-order valence-electron chi connectivity index (χ4n) is 2.30. The van der Waals surface area contributed by atoms with Crippen LogP contribution >= 0.6 is 0 Å². The molecule has 0 saturated heterocycles. The molecule has 1 aromatic heterocycles. The Balaban J connectivity index is 2.02. The molecule has 0 unspecified atom stereocenters. The second kappa shape index (κ2) is 6.98. The highest BCUT2D eigenvalue weighted by Crippen LogP contribution is 2.30. The van der Waals surface area contributed by atoms with Crippen molar-refractivity contribution >= 4 is 0 Å². The van der Waals surface area contributed by atoms with Gasteiger partial charge in [0, 0.05) is 25.0 Å². The molecule has 0 aliphatic rings. The molecule has 0 spiro atoms. The number of H-pyrrole nitrogens is 1. The van der Waals surface area contributed by atoms with Gasteiger partial charge >= 0.3 is 6.18 Å². The molecule has 0 fully saturated rings. The summed E-state index contributed by atoms with van der Waals surface area (Å²) in [5, 5.41) is 13.6. The Kier molecular flexibility index (Phi) is 5.26. The number of alkyl halides is 3. The van der Waals surface area contributed by atoms with Crippen LogP contribution in [0, 0.1) is 0 Å². The average Bonchev–Trinajstić information content (AvgIpc) is 3.00. The molecule has 2 aromatic rings. The van der Waals surface area contributed by atoms with Crippen molar-refractivity contribution in [2.24, 2.45) is 0 Å². The van der Waals surface area contributed by atoms with Crippen LogP contribution in [0.25, 0.3) is 0 Å². The highest BCUT2D eigenvalue weighted by atomic mass is 19.4. The smallest absolute Gasteiger partial charge is 0.387 e. The van der Waals surface area contributed by atoms with Gasteiger partial charge in [0.2, 0.25) is 0 Å². The summed E-state index contributed by atoms with van der Waals surface area (Å²) in [6.07, 6.45) is -0.896. The van der Waals surface area contributed by atoms with Crippen LogP contribution in [0.4, 0.5) is 13.2 Å². The van der Waals surface area contributed by atoms with E-state index >= 15 is 0 Å². The summed E-state index contributed by atoms with van der Waals surface area (Å²) in [6, 6.07) is 6.34. The number of rotatable bonds is 6. The Morgan fingerprint density at radius 2 is 1.86 bits per heavy atom. The Hall–Kier alpha value is -1.79. The second-order valence-corrected chi connectivity index (χ2v) is 5.18. The van der Waals surface area contributed by atoms with Gasteiger partial charge in [0.15, 0.2) is 0 Å². The molecule has 22 heavy (non-hydrogen) atoms. The molecular formula is C16H19F3N2O. The van der Waals surface area contributed by atoms with Crippen LogP contribution in [0.2, 0.25) is 0 Å². The molecule has 0 aliphatic heterocycles. The molecule has 2 rings (SSSR count). The fourth-order valence-corrected chi connectivity index (χ4v) is 2.30. The van der Waals surface area contributed by atoms with E-state index < -0.39 is 17.8 Å². The van der Waals surface area contributed by atoms with Crippen LogP contribution in [0.5, 0.6) is 0 Å². The number of aromatic nitrogens is 1. The van der Waals surface area contributed by atoms with Crippen molar-refractivity contribution in [3.63, 3.8) is 0 Å². The zero-order valence-corrected chi connectivity index (χ0v) is 12.2. The van der Waals surface area contributed by atoms with Crippen molar-refractivity contribution in [2.75, 3.05) is 0 Å². The van der Waals surface area contributed by atoms with Crippen molar-refractivity contribution in [3.05, 3.63) is 59.4 Å². The molecule has 6 heteroatoms. The highest BCUT2D eigenvalue weighted by molar-refractivity contribution is 5.26. The first-order valence-corrected chi connectivity index (χ1v) is 7.12. The van der Waals surface area contributed by atoms with Gasteiger partial charge < -0.3 is 15.4 Å². The largest absolute Gasteiger partial charge is 0.416 e. The SMILES string of the molecule is CC[C@H](NCc1cc[nH]c1)[C@H](O)c1ccc(C(F)(F)F)cc1. The maximum absolute atomic E-state index is 12.5. The number of halogens is 3. The zero-order chi connectivity index (χ0) is 16.2. The topological polar surface area (TPSA) is 48.0 Å². The van der Waals surface area contributed by atoms with Gasteiger partial charge in [-0.25, -0.2) is 0 Å². The van der Waals surface area contributed by atoms with Crippen molar-refractivity contribution in [1.82, 2.24) is 10.3 Å². The molecule has 3 N–H and O–H groups in total. The van der Waals surface area contributed by atoms with Gasteiger partial charge in [-0.3, -0.25) is 0 Å². The van der Waals surface area contributed by atoms with E-state index in [1.807, 2.05) is 25.4 Å². The van der Waals surface area contributed by atoms with Gasteiger partial charge in [0.25, 0.3) is 0 Å². The summed E-state index contributed by atoms with van der Waals surface area (Å²) in [6.45, 7) is 2.50. The first kappa shape index (κ1) is 16.6. The van der Waals surface area contributed by atoms with Gasteiger partial charge in [-0.2, -0.15) is 13.2 Å². The standard InChI is InChI=1S/C16H19F3N2O/c1-2-14(21-10-11-7-8-20-9-11)15(22)12-3-5-13(6-4-12)16(17,18)19/h3-9,14-15,20-22H,2,10H2,1H3/t14-,15+/m0/s1. The van der Waals surface area contributed by atoms with Crippen molar-refractivity contribution in [3.8, 4) is 0 Å². The lowest BCUT2D eigenvalue weighted by Gasteiger charge is -2.23. The van der Waals surface area contributed by atoms with Crippen molar-refractivity contribution in [1.29, 1.82) is 0 Å². The third kappa shape index (κ3) is 4.11. The van der Waals surface area contributed by atoms with Gasteiger partial charge in [-0.1, -0.05) is 19.1 Å². The Bertz CT molecular complexity index is 564. The number of hydrogen-bond donors (Lipinski definition) is 3. The quantitative estimate of drug-likeness (QED) is 0.763. The molecule has 0 aliphatic carbocycles. The van der Waals surface area contributed by atoms with Crippen LogP contribution in [0.3, 0.4) is 0 Å². The lowest BCUT2D eigenvalue weighted by atomic mass is 9.99. The Morgan fingerprint density at radius 3 is 2.36 bits per heavy atom. The van der Waals surface area contributed by atoms with Crippen LogP contribution < -0.4 is 5.32 Å². The molecular weight excluding hydrogens is 293 g/mol. The molecule has 2 atom stereocenters. The van der Waals surface area contributed by atoms with Gasteiger partial charge in [-0.05, 0) is 35.7 Å². The van der Waals surface area contributed by atoms with Gasteiger partial charge in [0.1, 0.15) is 0 Å². The number of hydrogen-bond acceptors (Lipinski definition) is 2. The first-order chi connectivity index (χ1) is 10.4. The summed E-state index contributed by atoms with van der Waals surface area (Å²) in [4.78, 5) is 2.94. The minimum Gasteiger partial charge on any atom is -0.387 e. The summed E-state index contributed by atoms with van der Waals surface area (Å²) >= 11 is 0. The molecule has 0 radical (unpaired) electrons. The molecule has 0 amide bonds. The summed E-state index contributed by atoms with van der Waals surface area (Å²) < 4.78 is 37.6. The average molecular weight is 312 g/mol. The fraction of sp³-hybridized carbons (Fsp3) is 0.375. The highest BCUT2D eigenvalue weighted by Gasteiger charge is 2.30. The zero-order valence-electron chi connectivity index (χ0n) is 12.2. The number of benzene rings is 1. The maximum Gasteiger partial charge on any atom is 0.416 e. The molecule has 1 heterocycles. The predicted molar refractivity (Wildman–Crippen MR) is 78.1 cm³/mol. The third-order valence-electron chi connectivity index (χ3n) is 3.63. The van der Waals surface area contributed by atoms with Crippen LogP contribution in [-0.4, -0.2) is 16.1 Å². The van der Waals surface area contributed by atoms with E-state index in [0.717, 1.165) is 17.7 Å². The molecule has 3 nitrogen and oxygen atoms in total. The Morgan fingerprint density at radius 1 is 1.18 bits per heavy atom. The van der Waals surface area contributed by atoms with Gasteiger partial charge in [-0.15, -0.1) is 0 Å². The number of aliphatic hydroxyl groups is 1. The minimum atomic E-state index is -4.36. The lowest BCUT2D eigenvalue weighted by Crippen LogP contribution is -2.34. The monoisotopic (exact) mass is 312 g/mol. The predicted octanol–water partition coefficient (Wildman–Crippen LogP) is 3.64. The molecule has 120 valence electrons. The maximum atomic E-state index is 12.5. The third-order valence-corrected chi connectivity index (χ3v) is 3.63. The molecule has 1 aromatic carbocycles. The Labute approximate surface area is 127 Å². The van der Waals surface area contributed by atoms with E-state index in [9.17, 15) is 18.3 Å². The normalized spacial score (nSPS) is 14.8. The first-order valence-electron chi connectivity index (χ1n) is 7.12. The van der Waals surface area contributed by atoms with E-state index in [4.69, 9.17) is 0 Å². The molecule has 0 saturated carbocycles.